The molecule has 19 heavy (non-hydrogen) atoms. The van der Waals surface area contributed by atoms with Gasteiger partial charge in [-0.15, -0.1) is 0 Å². The molecule has 0 aromatic carbocycles. The summed E-state index contributed by atoms with van der Waals surface area (Å²) in [6.07, 6.45) is 4.98. The Bertz CT molecular complexity index is 366. The zero-order valence-electron chi connectivity index (χ0n) is 12.2. The van der Waals surface area contributed by atoms with Crippen LogP contribution in [0.2, 0.25) is 0 Å². The molecule has 0 saturated heterocycles. The van der Waals surface area contributed by atoms with Crippen LogP contribution in [0.1, 0.15) is 59.3 Å². The first kappa shape index (κ1) is 14.4. The summed E-state index contributed by atoms with van der Waals surface area (Å²) >= 11 is 0. The first-order valence-electron chi connectivity index (χ1n) is 7.42. The van der Waals surface area contributed by atoms with Gasteiger partial charge in [0, 0.05) is 13.0 Å². The van der Waals surface area contributed by atoms with Gasteiger partial charge in [0.05, 0.1) is 0 Å². The van der Waals surface area contributed by atoms with Crippen molar-refractivity contribution in [3.05, 3.63) is 0 Å². The Kier molecular flexibility index (Phi) is 3.88. The molecule has 0 radical (unpaired) electrons. The molecule has 0 unspecified atom stereocenters. The number of hydrogen-bond acceptors (Lipinski definition) is 2. The van der Waals surface area contributed by atoms with Crippen molar-refractivity contribution in [2.75, 3.05) is 0 Å². The van der Waals surface area contributed by atoms with Gasteiger partial charge < -0.3 is 10.0 Å². The minimum atomic E-state index is -0.932. The minimum Gasteiger partial charge on any atom is -0.479 e. The first-order chi connectivity index (χ1) is 8.88. The fourth-order valence-corrected chi connectivity index (χ4v) is 3.58. The Balaban J connectivity index is 2.20. The van der Waals surface area contributed by atoms with E-state index in [4.69, 9.17) is 0 Å². The van der Waals surface area contributed by atoms with Gasteiger partial charge in [0.15, 0.2) is 0 Å². The predicted octanol–water partition coefficient (Wildman–Crippen LogP) is 2.67. The van der Waals surface area contributed by atoms with E-state index < -0.39 is 11.5 Å². The van der Waals surface area contributed by atoms with Gasteiger partial charge in [0.2, 0.25) is 5.91 Å². The molecule has 108 valence electrons. The topological polar surface area (TPSA) is 57.6 Å². The van der Waals surface area contributed by atoms with Crippen LogP contribution < -0.4 is 0 Å². The summed E-state index contributed by atoms with van der Waals surface area (Å²) in [4.78, 5) is 25.4. The van der Waals surface area contributed by atoms with Gasteiger partial charge in [-0.25, -0.2) is 4.79 Å². The number of amides is 1. The molecule has 2 aliphatic carbocycles. The molecule has 0 bridgehead atoms. The highest BCUT2D eigenvalue weighted by molar-refractivity contribution is 5.86. The highest BCUT2D eigenvalue weighted by Gasteiger charge is 2.52. The van der Waals surface area contributed by atoms with Crippen LogP contribution in [0.4, 0.5) is 0 Å². The fraction of sp³-hybridized carbons (Fsp3) is 0.867. The van der Waals surface area contributed by atoms with Gasteiger partial charge in [-0.1, -0.05) is 13.8 Å². The van der Waals surface area contributed by atoms with E-state index in [2.05, 4.69) is 13.8 Å². The smallest absolute Gasteiger partial charge is 0.329 e. The molecule has 4 heteroatoms. The van der Waals surface area contributed by atoms with Crippen molar-refractivity contribution in [1.82, 2.24) is 4.90 Å². The van der Waals surface area contributed by atoms with Crippen LogP contribution in [0.15, 0.2) is 0 Å². The lowest BCUT2D eigenvalue weighted by molar-refractivity contribution is -0.163. The molecular weight excluding hydrogens is 242 g/mol. The van der Waals surface area contributed by atoms with Crippen LogP contribution in [0.25, 0.3) is 0 Å². The van der Waals surface area contributed by atoms with Gasteiger partial charge in [-0.3, -0.25) is 4.79 Å². The Hall–Kier alpha value is -1.06. The average Bonchev–Trinajstić information content (AvgIpc) is 3.13. The van der Waals surface area contributed by atoms with E-state index in [0.29, 0.717) is 24.7 Å². The molecule has 2 saturated carbocycles. The van der Waals surface area contributed by atoms with Crippen molar-refractivity contribution in [2.24, 2.45) is 11.8 Å². The normalized spacial score (nSPS) is 31.3. The summed E-state index contributed by atoms with van der Waals surface area (Å²) in [6.45, 7) is 5.90. The van der Waals surface area contributed by atoms with E-state index in [1.807, 2.05) is 0 Å². The zero-order valence-corrected chi connectivity index (χ0v) is 12.2. The van der Waals surface area contributed by atoms with Crippen molar-refractivity contribution in [2.45, 2.75) is 70.9 Å². The van der Waals surface area contributed by atoms with Crippen molar-refractivity contribution in [3.63, 3.8) is 0 Å². The number of rotatable bonds is 4. The number of carboxylic acid groups (broad SMARTS) is 1. The molecule has 1 amide bonds. The Morgan fingerprint density at radius 1 is 1.16 bits per heavy atom. The molecule has 0 aromatic heterocycles. The molecule has 0 heterocycles. The van der Waals surface area contributed by atoms with Crippen LogP contribution in [-0.2, 0) is 9.59 Å². The van der Waals surface area contributed by atoms with Crippen molar-refractivity contribution in [3.8, 4) is 0 Å². The maximum Gasteiger partial charge on any atom is 0.329 e. The predicted molar refractivity (Wildman–Crippen MR) is 72.7 cm³/mol. The number of carbonyl (C=O) groups excluding carboxylic acids is 1. The zero-order chi connectivity index (χ0) is 14.2. The largest absolute Gasteiger partial charge is 0.479 e. The molecule has 0 spiro atoms. The van der Waals surface area contributed by atoms with E-state index in [9.17, 15) is 14.7 Å². The molecule has 2 rings (SSSR count). The molecular formula is C15H25NO3. The molecule has 0 aliphatic heterocycles. The monoisotopic (exact) mass is 267 g/mol. The van der Waals surface area contributed by atoms with E-state index in [1.165, 1.54) is 6.92 Å². The van der Waals surface area contributed by atoms with Crippen molar-refractivity contribution >= 4 is 11.9 Å². The second kappa shape index (κ2) is 5.14. The lowest BCUT2D eigenvalue weighted by Crippen LogP contribution is -2.59. The van der Waals surface area contributed by atoms with Gasteiger partial charge in [-0.2, -0.15) is 0 Å². The Labute approximate surface area is 115 Å². The number of carboxylic acids is 1. The van der Waals surface area contributed by atoms with E-state index in [0.717, 1.165) is 25.7 Å². The van der Waals surface area contributed by atoms with Crippen LogP contribution in [0.5, 0.6) is 0 Å². The molecule has 2 aliphatic rings. The van der Waals surface area contributed by atoms with Gasteiger partial charge in [0.25, 0.3) is 0 Å². The third-order valence-electron chi connectivity index (χ3n) is 4.91. The summed E-state index contributed by atoms with van der Waals surface area (Å²) < 4.78 is 0. The highest BCUT2D eigenvalue weighted by atomic mass is 16.4. The second-order valence-corrected chi connectivity index (χ2v) is 6.54. The number of hydrogen-bond donors (Lipinski definition) is 1. The SMILES string of the molecule is CC(=O)N(C1CC1)C1(C(=O)O)CCC(C(C)C)CC1. The Morgan fingerprint density at radius 3 is 2.00 bits per heavy atom. The molecule has 0 aromatic rings. The van der Waals surface area contributed by atoms with Gasteiger partial charge >= 0.3 is 5.97 Å². The summed E-state index contributed by atoms with van der Waals surface area (Å²) in [5.41, 5.74) is -0.932. The standard InChI is InChI=1S/C15H25NO3/c1-10(2)12-6-8-15(9-7-12,14(18)19)16(11(3)17)13-4-5-13/h10,12-13H,4-9H2,1-3H3,(H,18,19). The lowest BCUT2D eigenvalue weighted by Gasteiger charge is -2.45. The van der Waals surface area contributed by atoms with Crippen LogP contribution in [-0.4, -0.2) is 33.5 Å². The van der Waals surface area contributed by atoms with Crippen LogP contribution in [0, 0.1) is 11.8 Å². The number of nitrogens with zero attached hydrogens (tertiary/aromatic N) is 1. The summed E-state index contributed by atoms with van der Waals surface area (Å²) in [5, 5.41) is 9.72. The first-order valence-corrected chi connectivity index (χ1v) is 7.42. The van der Waals surface area contributed by atoms with Crippen molar-refractivity contribution in [1.29, 1.82) is 0 Å². The highest BCUT2D eigenvalue weighted by Crippen LogP contribution is 2.44. The average molecular weight is 267 g/mol. The fourth-order valence-electron chi connectivity index (χ4n) is 3.58. The quantitative estimate of drug-likeness (QED) is 0.852. The maximum absolute atomic E-state index is 11.9. The van der Waals surface area contributed by atoms with E-state index >= 15 is 0 Å². The Morgan fingerprint density at radius 2 is 1.68 bits per heavy atom. The van der Waals surface area contributed by atoms with E-state index in [1.54, 1.807) is 4.90 Å². The minimum absolute atomic E-state index is 0.0760. The summed E-state index contributed by atoms with van der Waals surface area (Å²) in [7, 11) is 0. The third kappa shape index (κ3) is 2.63. The van der Waals surface area contributed by atoms with Crippen LogP contribution >= 0.6 is 0 Å². The van der Waals surface area contributed by atoms with Crippen LogP contribution in [0.3, 0.4) is 0 Å². The number of aliphatic carboxylic acids is 1. The summed E-state index contributed by atoms with van der Waals surface area (Å²) in [5.74, 6) is 0.309. The molecule has 1 N–H and O–H groups in total. The van der Waals surface area contributed by atoms with Gasteiger partial charge in [-0.05, 0) is 50.4 Å². The molecule has 4 nitrogen and oxygen atoms in total. The lowest BCUT2D eigenvalue weighted by atomic mass is 9.72. The van der Waals surface area contributed by atoms with E-state index in [-0.39, 0.29) is 11.9 Å². The number of carbonyl (C=O) groups is 2. The van der Waals surface area contributed by atoms with Gasteiger partial charge in [0.1, 0.15) is 5.54 Å². The maximum atomic E-state index is 11.9. The molecule has 2 fully saturated rings. The molecule has 0 atom stereocenters. The summed E-state index contributed by atoms with van der Waals surface area (Å²) in [6, 6.07) is 0.171. The second-order valence-electron chi connectivity index (χ2n) is 6.54. The van der Waals surface area contributed by atoms with Crippen molar-refractivity contribution < 1.29 is 14.7 Å². The third-order valence-corrected chi connectivity index (χ3v) is 4.91.